The van der Waals surface area contributed by atoms with Crippen LogP contribution >= 0.6 is 34.9 Å². The first-order valence-electron chi connectivity index (χ1n) is 8.36. The normalized spacial score (nSPS) is 11.5. The monoisotopic (exact) mass is 430 g/mol. The highest BCUT2D eigenvalue weighted by Crippen LogP contribution is 2.30. The lowest BCUT2D eigenvalue weighted by Crippen LogP contribution is -2.19. The minimum Gasteiger partial charge on any atom is -0.465 e. The molecule has 1 aromatic carbocycles. The summed E-state index contributed by atoms with van der Waals surface area (Å²) in [5, 5.41) is 12.1. The molecule has 0 atom stereocenters. The standard InChI is InChI=1S/C19H18N4O2S3/c1-14-6-8-15(9-7-14)12-26-18-22-23-19(28-18)27-13-17(24)21-20-10-2-4-16-5-3-11-25-16/h2-11H,12-13H2,1H3,(H,21,24)/b4-2+,20-10+. The highest BCUT2D eigenvalue weighted by Gasteiger charge is 2.08. The lowest BCUT2D eigenvalue weighted by atomic mass is 10.2. The maximum atomic E-state index is 11.8. The number of carbonyl (C=O) groups is 1. The van der Waals surface area contributed by atoms with Crippen LogP contribution in [0.3, 0.4) is 0 Å². The van der Waals surface area contributed by atoms with Gasteiger partial charge in [0.25, 0.3) is 5.91 Å². The van der Waals surface area contributed by atoms with E-state index in [1.165, 1.54) is 40.4 Å². The van der Waals surface area contributed by atoms with Crippen LogP contribution in [0.15, 0.2) is 66.9 Å². The zero-order chi connectivity index (χ0) is 19.6. The Morgan fingerprint density at radius 3 is 2.75 bits per heavy atom. The average Bonchev–Trinajstić information content (AvgIpc) is 3.38. The molecule has 1 N–H and O–H groups in total. The van der Waals surface area contributed by atoms with Crippen LogP contribution in [-0.4, -0.2) is 28.1 Å². The number of carbonyl (C=O) groups excluding carboxylic acids is 1. The molecule has 0 aliphatic carbocycles. The van der Waals surface area contributed by atoms with Crippen molar-refractivity contribution in [2.75, 3.05) is 5.75 Å². The van der Waals surface area contributed by atoms with Gasteiger partial charge in [0.15, 0.2) is 8.68 Å². The maximum Gasteiger partial charge on any atom is 0.250 e. The van der Waals surface area contributed by atoms with E-state index >= 15 is 0 Å². The van der Waals surface area contributed by atoms with Gasteiger partial charge >= 0.3 is 0 Å². The van der Waals surface area contributed by atoms with Crippen molar-refractivity contribution in [3.8, 4) is 0 Å². The van der Waals surface area contributed by atoms with Gasteiger partial charge in [-0.1, -0.05) is 64.7 Å². The number of hydrogen-bond acceptors (Lipinski definition) is 8. The van der Waals surface area contributed by atoms with Gasteiger partial charge in [-0.3, -0.25) is 4.79 Å². The fourth-order valence-corrected chi connectivity index (χ4v) is 4.75. The van der Waals surface area contributed by atoms with E-state index in [1.807, 2.05) is 6.07 Å². The number of amides is 1. The number of hydrazone groups is 1. The Balaban J connectivity index is 1.36. The molecule has 144 valence electrons. The lowest BCUT2D eigenvalue weighted by molar-refractivity contribution is -0.118. The molecule has 2 aromatic heterocycles. The first-order chi connectivity index (χ1) is 13.7. The van der Waals surface area contributed by atoms with Crippen LogP contribution in [0, 0.1) is 6.92 Å². The van der Waals surface area contributed by atoms with Crippen molar-refractivity contribution in [2.45, 2.75) is 21.4 Å². The van der Waals surface area contributed by atoms with E-state index in [1.54, 1.807) is 36.2 Å². The molecule has 0 spiro atoms. The number of hydrogen-bond donors (Lipinski definition) is 1. The van der Waals surface area contributed by atoms with Crippen molar-refractivity contribution < 1.29 is 9.21 Å². The molecule has 0 bridgehead atoms. The summed E-state index contributed by atoms with van der Waals surface area (Å²) in [5.74, 6) is 1.61. The third kappa shape index (κ3) is 6.99. The van der Waals surface area contributed by atoms with Gasteiger partial charge in [0.2, 0.25) is 0 Å². The summed E-state index contributed by atoms with van der Waals surface area (Å²) in [5.41, 5.74) is 4.97. The molecule has 0 radical (unpaired) electrons. The van der Waals surface area contributed by atoms with Crippen LogP contribution in [0.25, 0.3) is 6.08 Å². The molecule has 0 aliphatic rings. The molecule has 3 rings (SSSR count). The van der Waals surface area contributed by atoms with Crippen LogP contribution in [-0.2, 0) is 10.5 Å². The van der Waals surface area contributed by atoms with Crippen molar-refractivity contribution in [1.82, 2.24) is 15.6 Å². The Bertz CT molecular complexity index is 935. The second kappa shape index (κ2) is 10.8. The second-order valence-corrected chi connectivity index (χ2v) is 9.01. The molecule has 0 saturated carbocycles. The summed E-state index contributed by atoms with van der Waals surface area (Å²) in [6.07, 6.45) is 6.53. The molecular formula is C19H18N4O2S3. The smallest absolute Gasteiger partial charge is 0.250 e. The van der Waals surface area contributed by atoms with Gasteiger partial charge in [-0.2, -0.15) is 5.10 Å². The number of aromatic nitrogens is 2. The van der Waals surface area contributed by atoms with E-state index in [2.05, 4.69) is 51.9 Å². The Kier molecular flexibility index (Phi) is 7.89. The number of benzene rings is 1. The minimum absolute atomic E-state index is 0.197. The van der Waals surface area contributed by atoms with Gasteiger partial charge in [0, 0.05) is 12.0 Å². The summed E-state index contributed by atoms with van der Waals surface area (Å²) in [4.78, 5) is 11.8. The van der Waals surface area contributed by atoms with Crippen molar-refractivity contribution in [1.29, 1.82) is 0 Å². The van der Waals surface area contributed by atoms with Gasteiger partial charge < -0.3 is 4.42 Å². The average molecular weight is 431 g/mol. The molecule has 3 aromatic rings. The first kappa shape index (κ1) is 20.4. The minimum atomic E-state index is -0.197. The van der Waals surface area contributed by atoms with Gasteiger partial charge in [-0.05, 0) is 36.8 Å². The molecule has 0 unspecified atom stereocenters. The second-order valence-electron chi connectivity index (χ2n) is 5.58. The highest BCUT2D eigenvalue weighted by atomic mass is 32.2. The molecule has 9 heteroatoms. The highest BCUT2D eigenvalue weighted by molar-refractivity contribution is 8.03. The molecule has 0 aliphatic heterocycles. The van der Waals surface area contributed by atoms with Crippen molar-refractivity contribution in [2.24, 2.45) is 5.10 Å². The number of nitrogens with zero attached hydrogens (tertiary/aromatic N) is 3. The van der Waals surface area contributed by atoms with Crippen LogP contribution in [0.4, 0.5) is 0 Å². The van der Waals surface area contributed by atoms with Crippen LogP contribution in [0.1, 0.15) is 16.9 Å². The summed E-state index contributed by atoms with van der Waals surface area (Å²) in [7, 11) is 0. The summed E-state index contributed by atoms with van der Waals surface area (Å²) in [6, 6.07) is 12.1. The third-order valence-electron chi connectivity index (χ3n) is 3.35. The number of rotatable bonds is 9. The predicted molar refractivity (Wildman–Crippen MR) is 116 cm³/mol. The SMILES string of the molecule is Cc1ccc(CSc2nnc(SCC(=O)N/N=C/C=C/c3ccco3)s2)cc1. The number of allylic oxidation sites excluding steroid dienone is 1. The van der Waals surface area contributed by atoms with E-state index < -0.39 is 0 Å². The van der Waals surface area contributed by atoms with Crippen molar-refractivity contribution in [3.05, 3.63) is 65.6 Å². The van der Waals surface area contributed by atoms with Crippen LogP contribution < -0.4 is 5.43 Å². The van der Waals surface area contributed by atoms with Crippen molar-refractivity contribution in [3.63, 3.8) is 0 Å². The maximum absolute atomic E-state index is 11.8. The Labute approximate surface area is 175 Å². The largest absolute Gasteiger partial charge is 0.465 e. The van der Waals surface area contributed by atoms with E-state index in [0.29, 0.717) is 0 Å². The van der Waals surface area contributed by atoms with E-state index in [-0.39, 0.29) is 11.7 Å². The molecule has 6 nitrogen and oxygen atoms in total. The van der Waals surface area contributed by atoms with Crippen LogP contribution in [0.2, 0.25) is 0 Å². The first-order valence-corrected chi connectivity index (χ1v) is 11.1. The number of thioether (sulfide) groups is 2. The molecule has 0 saturated heterocycles. The summed E-state index contributed by atoms with van der Waals surface area (Å²) < 4.78 is 6.81. The number of furan rings is 1. The quantitative estimate of drug-likeness (QED) is 0.303. The van der Waals surface area contributed by atoms with Gasteiger partial charge in [0.05, 0.1) is 12.0 Å². The predicted octanol–water partition coefficient (Wildman–Crippen LogP) is 4.64. The molecule has 1 amide bonds. The summed E-state index contributed by atoms with van der Waals surface area (Å²) in [6.45, 7) is 2.07. The molecule has 0 fully saturated rings. The van der Waals surface area contributed by atoms with Gasteiger partial charge in [-0.25, -0.2) is 5.43 Å². The zero-order valence-electron chi connectivity index (χ0n) is 15.1. The van der Waals surface area contributed by atoms with Crippen molar-refractivity contribution >= 4 is 53.1 Å². The van der Waals surface area contributed by atoms with Crippen LogP contribution in [0.5, 0.6) is 0 Å². The van der Waals surface area contributed by atoms with E-state index in [0.717, 1.165) is 20.2 Å². The number of aryl methyl sites for hydroxylation is 1. The van der Waals surface area contributed by atoms with E-state index in [4.69, 9.17) is 4.42 Å². The fourth-order valence-electron chi connectivity index (χ4n) is 1.98. The van der Waals surface area contributed by atoms with E-state index in [9.17, 15) is 4.79 Å². The molecule has 28 heavy (non-hydrogen) atoms. The Morgan fingerprint density at radius 1 is 1.21 bits per heavy atom. The molecular weight excluding hydrogens is 412 g/mol. The topological polar surface area (TPSA) is 80.4 Å². The number of nitrogens with one attached hydrogen (secondary N) is 1. The molecule has 2 heterocycles. The fraction of sp³-hybridized carbons (Fsp3) is 0.158. The summed E-state index contributed by atoms with van der Waals surface area (Å²) >= 11 is 4.48. The Morgan fingerprint density at radius 2 is 2.00 bits per heavy atom. The zero-order valence-corrected chi connectivity index (χ0v) is 17.5. The van der Waals surface area contributed by atoms with Gasteiger partial charge in [0.1, 0.15) is 5.76 Å². The Hall–Kier alpha value is -2.36. The third-order valence-corrected chi connectivity index (χ3v) is 6.61. The van der Waals surface area contributed by atoms with Gasteiger partial charge in [-0.15, -0.1) is 10.2 Å². The lowest BCUT2D eigenvalue weighted by Gasteiger charge is -1.99.